The van der Waals surface area contributed by atoms with Gasteiger partial charge < -0.3 is 14.6 Å². The Labute approximate surface area is 225 Å². The Morgan fingerprint density at radius 2 is 1.73 bits per heavy atom. The topological polar surface area (TPSA) is 55.6 Å². The van der Waals surface area contributed by atoms with Gasteiger partial charge in [0, 0.05) is 27.7 Å². The molecule has 0 radical (unpaired) electrons. The van der Waals surface area contributed by atoms with Crippen molar-refractivity contribution in [3.05, 3.63) is 117 Å². The van der Waals surface area contributed by atoms with Gasteiger partial charge in [-0.3, -0.25) is 4.79 Å². The van der Waals surface area contributed by atoms with E-state index in [1.54, 1.807) is 0 Å². The van der Waals surface area contributed by atoms with Crippen molar-refractivity contribution in [3.63, 3.8) is 0 Å². The summed E-state index contributed by atoms with van der Waals surface area (Å²) in [7, 11) is 0. The fourth-order valence-electron chi connectivity index (χ4n) is 4.16. The number of nitrogens with one attached hydrogen (secondary N) is 1. The number of amidine groups is 1. The van der Waals surface area contributed by atoms with E-state index in [1.165, 1.54) is 17.3 Å². The average molecular weight is 528 g/mol. The molecular weight excluding hydrogens is 502 g/mol. The fraction of sp³-hybridized carbons (Fsp3) is 0.133. The Morgan fingerprint density at radius 3 is 2.46 bits per heavy atom. The molecule has 1 aliphatic rings. The van der Waals surface area contributed by atoms with Crippen LogP contribution in [0.5, 0.6) is 5.75 Å². The second-order valence-electron chi connectivity index (χ2n) is 8.85. The summed E-state index contributed by atoms with van der Waals surface area (Å²) in [6.07, 6.45) is 1.93. The molecule has 1 saturated heterocycles. The van der Waals surface area contributed by atoms with Crippen molar-refractivity contribution in [3.8, 4) is 11.4 Å². The second-order valence-corrected chi connectivity index (χ2v) is 10.3. The Hall–Kier alpha value is -3.74. The van der Waals surface area contributed by atoms with Gasteiger partial charge in [0.1, 0.15) is 12.4 Å². The molecule has 186 valence electrons. The predicted octanol–water partition coefficient (Wildman–Crippen LogP) is 7.53. The zero-order valence-electron chi connectivity index (χ0n) is 20.8. The van der Waals surface area contributed by atoms with Crippen molar-refractivity contribution in [2.75, 3.05) is 0 Å². The summed E-state index contributed by atoms with van der Waals surface area (Å²) in [5.41, 5.74) is 7.07. The molecule has 0 saturated carbocycles. The first-order chi connectivity index (χ1) is 17.9. The SMILES string of the molecule is Cc1ccc(N=C2NC(=O)/C(=C\c3cc(C)n(-c4ccc(OCc5ccccc5Cl)cc4)c3C)S2)cc1. The molecule has 7 heteroatoms. The van der Waals surface area contributed by atoms with Gasteiger partial charge in [0.15, 0.2) is 5.17 Å². The summed E-state index contributed by atoms with van der Waals surface area (Å²) in [5, 5.41) is 4.15. The molecule has 1 fully saturated rings. The summed E-state index contributed by atoms with van der Waals surface area (Å²) in [6.45, 7) is 6.56. The average Bonchev–Trinajstić information content (AvgIpc) is 3.37. The lowest BCUT2D eigenvalue weighted by atomic mass is 10.2. The number of halogens is 1. The number of carbonyl (C=O) groups excluding carboxylic acids is 1. The first-order valence-corrected chi connectivity index (χ1v) is 13.1. The van der Waals surface area contributed by atoms with Gasteiger partial charge in [0.25, 0.3) is 5.91 Å². The molecule has 1 aromatic heterocycles. The van der Waals surface area contributed by atoms with E-state index < -0.39 is 0 Å². The molecular formula is C30H26ClN3O2S. The number of rotatable bonds is 6. The van der Waals surface area contributed by atoms with Gasteiger partial charge >= 0.3 is 0 Å². The molecule has 5 rings (SSSR count). The van der Waals surface area contributed by atoms with Gasteiger partial charge in [-0.05, 0) is 92.7 Å². The Balaban J connectivity index is 1.32. The lowest BCUT2D eigenvalue weighted by molar-refractivity contribution is -0.115. The maximum atomic E-state index is 12.6. The van der Waals surface area contributed by atoms with Gasteiger partial charge in [-0.25, -0.2) is 4.99 Å². The number of nitrogens with zero attached hydrogens (tertiary/aromatic N) is 2. The lowest BCUT2D eigenvalue weighted by Gasteiger charge is -2.12. The maximum absolute atomic E-state index is 12.6. The number of carbonyl (C=O) groups is 1. The minimum absolute atomic E-state index is 0.138. The number of thioether (sulfide) groups is 1. The number of aryl methyl sites for hydroxylation is 2. The number of hydrogen-bond acceptors (Lipinski definition) is 4. The van der Waals surface area contributed by atoms with Crippen LogP contribution in [-0.4, -0.2) is 15.6 Å². The van der Waals surface area contributed by atoms with Crippen LogP contribution in [0.15, 0.2) is 88.8 Å². The maximum Gasteiger partial charge on any atom is 0.264 e. The summed E-state index contributed by atoms with van der Waals surface area (Å²) < 4.78 is 8.10. The molecule has 0 aliphatic carbocycles. The highest BCUT2D eigenvalue weighted by atomic mass is 35.5. The Morgan fingerprint density at radius 1 is 1.00 bits per heavy atom. The van der Waals surface area contributed by atoms with E-state index in [0.29, 0.717) is 21.7 Å². The molecule has 5 nitrogen and oxygen atoms in total. The van der Waals surface area contributed by atoms with Gasteiger partial charge in [0.2, 0.25) is 0 Å². The smallest absolute Gasteiger partial charge is 0.264 e. The Kier molecular flexibility index (Phi) is 7.22. The molecule has 37 heavy (non-hydrogen) atoms. The molecule has 0 atom stereocenters. The number of hydrogen-bond donors (Lipinski definition) is 1. The third kappa shape index (κ3) is 5.66. The quantitative estimate of drug-likeness (QED) is 0.264. The molecule has 2 heterocycles. The van der Waals surface area contributed by atoms with Crippen molar-refractivity contribution in [1.82, 2.24) is 9.88 Å². The van der Waals surface area contributed by atoms with E-state index in [9.17, 15) is 4.79 Å². The summed E-state index contributed by atoms with van der Waals surface area (Å²) >= 11 is 7.59. The summed E-state index contributed by atoms with van der Waals surface area (Å²) in [5.74, 6) is 0.633. The number of amides is 1. The zero-order chi connectivity index (χ0) is 25.9. The monoisotopic (exact) mass is 527 g/mol. The first kappa shape index (κ1) is 24.9. The van der Waals surface area contributed by atoms with E-state index in [0.717, 1.165) is 39.6 Å². The van der Waals surface area contributed by atoms with Crippen molar-refractivity contribution >= 4 is 46.2 Å². The molecule has 0 unspecified atom stereocenters. The molecule has 1 aliphatic heterocycles. The minimum atomic E-state index is -0.138. The number of benzene rings is 3. The van der Waals surface area contributed by atoms with Crippen molar-refractivity contribution < 1.29 is 9.53 Å². The van der Waals surface area contributed by atoms with Crippen molar-refractivity contribution in [1.29, 1.82) is 0 Å². The van der Waals surface area contributed by atoms with Crippen LogP contribution in [-0.2, 0) is 11.4 Å². The van der Waals surface area contributed by atoms with Crippen molar-refractivity contribution in [2.24, 2.45) is 4.99 Å². The zero-order valence-corrected chi connectivity index (χ0v) is 22.4. The highest BCUT2D eigenvalue weighted by Gasteiger charge is 2.24. The Bertz CT molecular complexity index is 1520. The van der Waals surface area contributed by atoms with Crippen molar-refractivity contribution in [2.45, 2.75) is 27.4 Å². The minimum Gasteiger partial charge on any atom is -0.489 e. The third-order valence-electron chi connectivity index (χ3n) is 6.12. The number of ether oxygens (including phenoxy) is 1. The molecule has 1 amide bonds. The molecule has 4 aromatic rings. The molecule has 3 aromatic carbocycles. The fourth-order valence-corrected chi connectivity index (χ4v) is 5.18. The van der Waals surface area contributed by atoms with Crippen LogP contribution in [0.3, 0.4) is 0 Å². The van der Waals surface area contributed by atoms with E-state index in [4.69, 9.17) is 16.3 Å². The summed E-state index contributed by atoms with van der Waals surface area (Å²) in [4.78, 5) is 17.8. The van der Waals surface area contributed by atoms with Gasteiger partial charge in [-0.15, -0.1) is 0 Å². The van der Waals surface area contributed by atoms with E-state index in [1.807, 2.05) is 85.8 Å². The molecule has 0 spiro atoms. The first-order valence-electron chi connectivity index (χ1n) is 11.9. The van der Waals surface area contributed by atoms with E-state index >= 15 is 0 Å². The van der Waals surface area contributed by atoms with Crippen LogP contribution in [0.1, 0.15) is 28.1 Å². The largest absolute Gasteiger partial charge is 0.489 e. The van der Waals surface area contributed by atoms with Gasteiger partial charge in [-0.1, -0.05) is 47.5 Å². The van der Waals surface area contributed by atoms with Crippen LogP contribution in [0.25, 0.3) is 11.8 Å². The van der Waals surface area contributed by atoms with Crippen LogP contribution >= 0.6 is 23.4 Å². The van der Waals surface area contributed by atoms with Crippen LogP contribution in [0.4, 0.5) is 5.69 Å². The third-order valence-corrected chi connectivity index (χ3v) is 7.40. The normalized spacial score (nSPS) is 15.4. The van der Waals surface area contributed by atoms with Crippen LogP contribution in [0.2, 0.25) is 5.02 Å². The number of aromatic nitrogens is 1. The summed E-state index contributed by atoms with van der Waals surface area (Å²) in [6, 6.07) is 25.6. The van der Waals surface area contributed by atoms with Gasteiger partial charge in [0.05, 0.1) is 10.6 Å². The lowest BCUT2D eigenvalue weighted by Crippen LogP contribution is -2.19. The van der Waals surface area contributed by atoms with Crippen LogP contribution < -0.4 is 10.1 Å². The number of aliphatic imine (C=N–C) groups is 1. The predicted molar refractivity (Wildman–Crippen MR) is 153 cm³/mol. The van der Waals surface area contributed by atoms with E-state index in [2.05, 4.69) is 34.8 Å². The molecule has 1 N–H and O–H groups in total. The highest BCUT2D eigenvalue weighted by Crippen LogP contribution is 2.31. The van der Waals surface area contributed by atoms with Crippen LogP contribution in [0, 0.1) is 20.8 Å². The molecule has 0 bridgehead atoms. The van der Waals surface area contributed by atoms with E-state index in [-0.39, 0.29) is 5.91 Å². The van der Waals surface area contributed by atoms with Gasteiger partial charge in [-0.2, -0.15) is 0 Å². The standard InChI is InChI=1S/C30H26ClN3O2S/c1-19-8-10-24(11-9-19)32-30-33-29(35)28(37-30)17-23-16-20(2)34(21(23)3)25-12-14-26(15-13-25)36-18-22-6-4-5-7-27(22)31/h4-17H,18H2,1-3H3,(H,32,33,35)/b28-17+. The second kappa shape index (κ2) is 10.7. The highest BCUT2D eigenvalue weighted by molar-refractivity contribution is 8.18.